The molecule has 0 aliphatic carbocycles. The normalized spacial score (nSPS) is 21.4. The van der Waals surface area contributed by atoms with Gasteiger partial charge in [-0.25, -0.2) is 14.8 Å². The maximum absolute atomic E-state index is 13.6. The maximum Gasteiger partial charge on any atom is 0.329 e. The largest absolute Gasteiger partial charge is 0.461 e. The number of ether oxygens (including phenoxy) is 3. The van der Waals surface area contributed by atoms with Gasteiger partial charge in [-0.1, -0.05) is 11.6 Å². The van der Waals surface area contributed by atoms with Crippen LogP contribution in [0.2, 0.25) is 5.02 Å². The van der Waals surface area contributed by atoms with E-state index in [9.17, 15) is 4.79 Å². The second-order valence-corrected chi connectivity index (χ2v) is 10.4. The quantitative estimate of drug-likeness (QED) is 0.514. The van der Waals surface area contributed by atoms with E-state index in [0.29, 0.717) is 35.5 Å². The van der Waals surface area contributed by atoms with E-state index in [1.54, 1.807) is 17.2 Å². The Balaban J connectivity index is 1.23. The maximum atomic E-state index is 13.6. The molecule has 2 bridgehead atoms. The number of carbonyl (C=O) groups excluding carboxylic acids is 1. The summed E-state index contributed by atoms with van der Waals surface area (Å²) < 4.78 is 17.0. The lowest BCUT2D eigenvalue weighted by Gasteiger charge is -2.36. The fourth-order valence-corrected chi connectivity index (χ4v) is 5.30. The number of amides is 2. The van der Waals surface area contributed by atoms with E-state index < -0.39 is 5.79 Å². The summed E-state index contributed by atoms with van der Waals surface area (Å²) in [6, 6.07) is 7.09. The molecule has 2 amide bonds. The van der Waals surface area contributed by atoms with Crippen molar-refractivity contribution in [1.29, 1.82) is 0 Å². The summed E-state index contributed by atoms with van der Waals surface area (Å²) >= 11 is 6.67. The van der Waals surface area contributed by atoms with Crippen molar-refractivity contribution in [1.82, 2.24) is 19.9 Å². The number of hydrogen-bond acceptors (Lipinski definition) is 9. The second-order valence-electron chi connectivity index (χ2n) is 10.0. The fraction of sp³-hybridized carbons (Fsp3) is 0.423. The van der Waals surface area contributed by atoms with E-state index >= 15 is 0 Å². The standard InChI is InChI=1S/C26H28ClN7O4/c1-15-10-16(4-7-28-15)22-19(27)11-20-23(32-22)34(17-6-9-33(20)12-17)25(35)31-21-5-8-29-24(30-21)36-13-18-14-37-26(2,3)38-18/h4-5,7-8,10-11,17-18H,6,9,12-14H2,1-3H3,(H,29,30,31,35)/t17?,18-/m0/s1. The monoisotopic (exact) mass is 537 g/mol. The molecule has 3 aromatic heterocycles. The van der Waals surface area contributed by atoms with Gasteiger partial charge in [-0.3, -0.25) is 15.2 Å². The van der Waals surface area contributed by atoms with E-state index in [1.807, 2.05) is 39.0 Å². The van der Waals surface area contributed by atoms with Gasteiger partial charge in [-0.05, 0) is 51.5 Å². The van der Waals surface area contributed by atoms with Crippen LogP contribution in [-0.2, 0) is 9.47 Å². The third-order valence-electron chi connectivity index (χ3n) is 6.76. The SMILES string of the molecule is Cc1cc(-c2nc3c(cc2Cl)N2CCC(C2)N3C(=O)Nc2ccnc(OC[C@H]3COC(C)(C)O3)n2)ccn1. The van der Waals surface area contributed by atoms with Crippen LogP contribution in [0.1, 0.15) is 26.0 Å². The highest BCUT2D eigenvalue weighted by atomic mass is 35.5. The molecule has 198 valence electrons. The predicted molar refractivity (Wildman–Crippen MR) is 142 cm³/mol. The van der Waals surface area contributed by atoms with Crippen LogP contribution in [0, 0.1) is 6.92 Å². The predicted octanol–water partition coefficient (Wildman–Crippen LogP) is 4.06. The third kappa shape index (κ3) is 4.84. The average molecular weight is 538 g/mol. The lowest BCUT2D eigenvalue weighted by Crippen LogP contribution is -2.48. The summed E-state index contributed by atoms with van der Waals surface area (Å²) in [6.45, 7) is 7.81. The molecule has 3 aliphatic heterocycles. The van der Waals surface area contributed by atoms with E-state index in [4.69, 9.17) is 30.8 Å². The van der Waals surface area contributed by atoms with Crippen LogP contribution in [0.4, 0.5) is 22.1 Å². The molecule has 2 atom stereocenters. The van der Waals surface area contributed by atoms with E-state index in [-0.39, 0.29) is 30.8 Å². The number of aromatic nitrogens is 4. The van der Waals surface area contributed by atoms with Crippen molar-refractivity contribution >= 4 is 35.0 Å². The Bertz CT molecular complexity index is 1390. The highest BCUT2D eigenvalue weighted by Gasteiger charge is 2.41. The zero-order valence-electron chi connectivity index (χ0n) is 21.3. The first-order chi connectivity index (χ1) is 18.3. The number of hydrogen-bond donors (Lipinski definition) is 1. The molecule has 0 aromatic carbocycles. The lowest BCUT2D eigenvalue weighted by atomic mass is 10.1. The Labute approximate surface area is 225 Å². The number of aryl methyl sites for hydroxylation is 1. The Hall–Kier alpha value is -3.54. The van der Waals surface area contributed by atoms with Gasteiger partial charge in [0, 0.05) is 36.7 Å². The number of carbonyl (C=O) groups is 1. The van der Waals surface area contributed by atoms with E-state index in [2.05, 4.69) is 25.2 Å². The third-order valence-corrected chi connectivity index (χ3v) is 7.04. The first kappa shape index (κ1) is 24.8. The summed E-state index contributed by atoms with van der Waals surface area (Å²) in [5.74, 6) is 0.251. The molecule has 1 N–H and O–H groups in total. The van der Waals surface area contributed by atoms with Crippen molar-refractivity contribution in [3.8, 4) is 17.3 Å². The molecule has 3 aromatic rings. The number of pyridine rings is 2. The summed E-state index contributed by atoms with van der Waals surface area (Å²) in [4.78, 5) is 35.2. The van der Waals surface area contributed by atoms with Gasteiger partial charge in [0.15, 0.2) is 11.6 Å². The van der Waals surface area contributed by atoms with Crippen LogP contribution >= 0.6 is 11.6 Å². The molecule has 1 unspecified atom stereocenters. The molecule has 3 aliphatic rings. The summed E-state index contributed by atoms with van der Waals surface area (Å²) in [5, 5.41) is 3.42. The van der Waals surface area contributed by atoms with Gasteiger partial charge in [0.05, 0.1) is 29.1 Å². The number of fused-ring (bicyclic) bond motifs is 4. The number of nitrogens with zero attached hydrogens (tertiary/aromatic N) is 6. The number of urea groups is 1. The Morgan fingerprint density at radius 1 is 1.24 bits per heavy atom. The Kier molecular flexibility index (Phi) is 6.29. The van der Waals surface area contributed by atoms with Gasteiger partial charge in [-0.15, -0.1) is 0 Å². The lowest BCUT2D eigenvalue weighted by molar-refractivity contribution is -0.141. The molecule has 2 fully saturated rings. The van der Waals surface area contributed by atoms with Crippen molar-refractivity contribution in [3.63, 3.8) is 0 Å². The van der Waals surface area contributed by atoms with Gasteiger partial charge in [0.2, 0.25) is 0 Å². The summed E-state index contributed by atoms with van der Waals surface area (Å²) in [6.07, 6.45) is 3.86. The van der Waals surface area contributed by atoms with E-state index in [1.165, 1.54) is 6.20 Å². The molecule has 12 heteroatoms. The van der Waals surface area contributed by atoms with Gasteiger partial charge < -0.3 is 19.1 Å². The number of rotatable bonds is 5. The molecule has 11 nitrogen and oxygen atoms in total. The molecule has 38 heavy (non-hydrogen) atoms. The average Bonchev–Trinajstić information content (AvgIpc) is 3.46. The molecule has 6 heterocycles. The van der Waals surface area contributed by atoms with Crippen molar-refractivity contribution in [2.45, 2.75) is 45.1 Å². The van der Waals surface area contributed by atoms with Crippen molar-refractivity contribution in [2.75, 3.05) is 41.4 Å². The minimum Gasteiger partial charge on any atom is -0.461 e. The Morgan fingerprint density at radius 2 is 2.08 bits per heavy atom. The first-order valence-corrected chi connectivity index (χ1v) is 12.9. The van der Waals surface area contributed by atoms with Crippen LogP contribution in [0.3, 0.4) is 0 Å². The van der Waals surface area contributed by atoms with Gasteiger partial charge in [0.25, 0.3) is 0 Å². The second kappa shape index (κ2) is 9.64. The van der Waals surface area contributed by atoms with E-state index in [0.717, 1.165) is 29.9 Å². The van der Waals surface area contributed by atoms with Crippen LogP contribution in [0.25, 0.3) is 11.3 Å². The molecule has 0 radical (unpaired) electrons. The zero-order chi connectivity index (χ0) is 26.4. The minimum absolute atomic E-state index is 0.0244. The topological polar surface area (TPSA) is 115 Å². The van der Waals surface area contributed by atoms with Gasteiger partial charge in [0.1, 0.15) is 18.5 Å². The van der Waals surface area contributed by atoms with Crippen molar-refractivity contribution < 1.29 is 19.0 Å². The van der Waals surface area contributed by atoms with Gasteiger partial charge >= 0.3 is 12.0 Å². The smallest absolute Gasteiger partial charge is 0.329 e. The highest BCUT2D eigenvalue weighted by Crippen LogP contribution is 2.43. The summed E-state index contributed by atoms with van der Waals surface area (Å²) in [5.41, 5.74) is 3.14. The Morgan fingerprint density at radius 3 is 2.87 bits per heavy atom. The van der Waals surface area contributed by atoms with Crippen LogP contribution < -0.4 is 19.9 Å². The highest BCUT2D eigenvalue weighted by molar-refractivity contribution is 6.33. The molecule has 0 spiro atoms. The van der Waals surface area contributed by atoms with Crippen molar-refractivity contribution in [2.24, 2.45) is 0 Å². The van der Waals surface area contributed by atoms with Gasteiger partial charge in [-0.2, -0.15) is 4.98 Å². The van der Waals surface area contributed by atoms with Crippen molar-refractivity contribution in [3.05, 3.63) is 47.4 Å². The number of anilines is 3. The minimum atomic E-state index is -0.639. The molecular formula is C26H28ClN7O4. The zero-order valence-corrected chi connectivity index (χ0v) is 22.1. The molecular weight excluding hydrogens is 510 g/mol. The first-order valence-electron chi connectivity index (χ1n) is 12.5. The molecule has 2 saturated heterocycles. The summed E-state index contributed by atoms with van der Waals surface area (Å²) in [7, 11) is 0. The number of nitrogens with one attached hydrogen (secondary N) is 1. The molecule has 6 rings (SSSR count). The van der Waals surface area contributed by atoms with Crippen LogP contribution in [0.15, 0.2) is 36.7 Å². The van der Waals surface area contributed by atoms with Crippen LogP contribution in [0.5, 0.6) is 6.01 Å². The van der Waals surface area contributed by atoms with Crippen LogP contribution in [-0.4, -0.2) is 70.2 Å². The fourth-order valence-electron chi connectivity index (χ4n) is 5.04. The molecule has 0 saturated carbocycles. The number of halogens is 1.